The summed E-state index contributed by atoms with van der Waals surface area (Å²) < 4.78 is 1.82. The molecule has 0 saturated heterocycles. The van der Waals surface area contributed by atoms with Gasteiger partial charge in [-0.2, -0.15) is 0 Å². The molecule has 0 saturated carbocycles. The summed E-state index contributed by atoms with van der Waals surface area (Å²) in [5.74, 6) is 0.499. The summed E-state index contributed by atoms with van der Waals surface area (Å²) in [6.45, 7) is 5.44. The Balaban J connectivity index is 1.82. The zero-order chi connectivity index (χ0) is 19.9. The van der Waals surface area contributed by atoms with E-state index in [1.165, 1.54) is 0 Å². The quantitative estimate of drug-likeness (QED) is 0.403. The zero-order valence-corrected chi connectivity index (χ0v) is 15.8. The van der Waals surface area contributed by atoms with Crippen LogP contribution >= 0.6 is 0 Å². The molecule has 6 heteroatoms. The number of carbonyl (C=O) groups is 1. The van der Waals surface area contributed by atoms with Crippen molar-refractivity contribution in [2.24, 2.45) is 12.0 Å². The lowest BCUT2D eigenvalue weighted by atomic mass is 10.1. The zero-order valence-electron chi connectivity index (χ0n) is 15.8. The maximum atomic E-state index is 12.8. The van der Waals surface area contributed by atoms with E-state index in [0.29, 0.717) is 17.0 Å². The minimum absolute atomic E-state index is 0.227. The lowest BCUT2D eigenvalue weighted by Gasteiger charge is -2.09. The van der Waals surface area contributed by atoms with E-state index in [-0.39, 0.29) is 5.91 Å². The maximum Gasteiger partial charge on any atom is 0.255 e. The highest BCUT2D eigenvalue weighted by atomic mass is 16.1. The fourth-order valence-corrected chi connectivity index (χ4v) is 2.74. The van der Waals surface area contributed by atoms with Crippen LogP contribution in [0.15, 0.2) is 83.6 Å². The topological polar surface area (TPSA) is 72.2 Å². The molecule has 140 valence electrons. The van der Waals surface area contributed by atoms with E-state index in [1.807, 2.05) is 73.1 Å². The molecule has 0 radical (unpaired) electrons. The van der Waals surface area contributed by atoms with E-state index in [9.17, 15) is 4.79 Å². The average molecular weight is 371 g/mol. The van der Waals surface area contributed by atoms with Crippen LogP contribution in [-0.2, 0) is 11.8 Å². The second-order valence-corrected chi connectivity index (χ2v) is 6.10. The highest BCUT2D eigenvalue weighted by Crippen LogP contribution is 2.22. The van der Waals surface area contributed by atoms with E-state index in [0.717, 1.165) is 17.0 Å². The van der Waals surface area contributed by atoms with Crippen molar-refractivity contribution >= 4 is 24.0 Å². The molecule has 0 bridgehead atoms. The molecule has 28 heavy (non-hydrogen) atoms. The Morgan fingerprint density at radius 1 is 1.18 bits per heavy atom. The highest BCUT2D eigenvalue weighted by molar-refractivity contribution is 6.07. The van der Waals surface area contributed by atoms with Gasteiger partial charge in [0.1, 0.15) is 6.33 Å². The molecular formula is C22H21N5O. The number of aryl methyl sites for hydroxylation is 1. The minimum Gasteiger partial charge on any atom is -0.322 e. The Labute approximate surface area is 164 Å². The molecule has 1 amide bonds. The van der Waals surface area contributed by atoms with Crippen LogP contribution in [0.5, 0.6) is 0 Å². The Kier molecular flexibility index (Phi) is 5.91. The smallest absolute Gasteiger partial charge is 0.255 e. The molecule has 1 aromatic heterocycles. The van der Waals surface area contributed by atoms with E-state index < -0.39 is 0 Å². The first-order valence-electron chi connectivity index (χ1n) is 8.78. The lowest BCUT2D eigenvalue weighted by molar-refractivity contribution is -0.112. The van der Waals surface area contributed by atoms with Gasteiger partial charge in [0.05, 0.1) is 5.70 Å². The molecule has 0 fully saturated rings. The van der Waals surface area contributed by atoms with Crippen LogP contribution in [0, 0.1) is 0 Å². The molecule has 0 aliphatic rings. The van der Waals surface area contributed by atoms with Crippen LogP contribution in [0.25, 0.3) is 17.1 Å². The predicted octanol–water partition coefficient (Wildman–Crippen LogP) is 4.11. The first kappa shape index (κ1) is 19.0. The molecule has 0 atom stereocenters. The van der Waals surface area contributed by atoms with Crippen molar-refractivity contribution in [1.82, 2.24) is 14.8 Å². The second-order valence-electron chi connectivity index (χ2n) is 6.10. The van der Waals surface area contributed by atoms with E-state index in [4.69, 9.17) is 0 Å². The molecule has 3 rings (SSSR count). The van der Waals surface area contributed by atoms with Crippen LogP contribution in [0.4, 0.5) is 5.69 Å². The van der Waals surface area contributed by atoms with Gasteiger partial charge in [0.2, 0.25) is 0 Å². The Morgan fingerprint density at radius 2 is 1.96 bits per heavy atom. The van der Waals surface area contributed by atoms with Gasteiger partial charge in [-0.05, 0) is 31.9 Å². The number of hydrogen-bond donors (Lipinski definition) is 1. The van der Waals surface area contributed by atoms with Gasteiger partial charge < -0.3 is 9.88 Å². The number of amides is 1. The number of nitrogens with zero attached hydrogens (tertiary/aromatic N) is 4. The minimum atomic E-state index is -0.227. The number of rotatable bonds is 6. The number of benzene rings is 2. The summed E-state index contributed by atoms with van der Waals surface area (Å²) in [5, 5.41) is 10.9. The van der Waals surface area contributed by atoms with Crippen LogP contribution in [0.3, 0.4) is 0 Å². The lowest BCUT2D eigenvalue weighted by Crippen LogP contribution is -2.13. The summed E-state index contributed by atoms with van der Waals surface area (Å²) >= 11 is 0. The van der Waals surface area contributed by atoms with Gasteiger partial charge in [0, 0.05) is 29.4 Å². The third kappa shape index (κ3) is 4.29. The third-order valence-corrected chi connectivity index (χ3v) is 4.20. The van der Waals surface area contributed by atoms with Gasteiger partial charge in [-0.3, -0.25) is 9.79 Å². The van der Waals surface area contributed by atoms with Gasteiger partial charge in [-0.15, -0.1) is 10.2 Å². The average Bonchev–Trinajstić information content (AvgIpc) is 3.15. The first-order chi connectivity index (χ1) is 13.6. The number of carbonyl (C=O) groups excluding carboxylic acids is 1. The maximum absolute atomic E-state index is 12.8. The number of anilines is 1. The SMILES string of the molecule is C=N/C(=C\C(=C/C)C(=O)Nc1cccc(-c2nncn2C)c1)c1ccccc1. The van der Waals surface area contributed by atoms with Gasteiger partial charge in [-0.25, -0.2) is 0 Å². The van der Waals surface area contributed by atoms with Gasteiger partial charge >= 0.3 is 0 Å². The van der Waals surface area contributed by atoms with E-state index in [1.54, 1.807) is 18.5 Å². The summed E-state index contributed by atoms with van der Waals surface area (Å²) in [6, 6.07) is 17.1. The predicted molar refractivity (Wildman–Crippen MR) is 113 cm³/mol. The Morgan fingerprint density at radius 3 is 2.61 bits per heavy atom. The second kappa shape index (κ2) is 8.73. The standard InChI is InChI=1S/C22H21N5O/c1-4-16(14-20(23-2)17-9-6-5-7-10-17)22(28)25-19-12-8-11-18(13-19)21-26-24-15-27(21)3/h4-15H,2H2,1,3H3,(H,25,28)/b16-4+,20-14-. The van der Waals surface area contributed by atoms with Crippen molar-refractivity contribution in [3.8, 4) is 11.4 Å². The first-order valence-corrected chi connectivity index (χ1v) is 8.78. The van der Waals surface area contributed by atoms with Crippen molar-refractivity contribution in [3.05, 3.63) is 84.2 Å². The molecule has 0 aliphatic carbocycles. The number of aliphatic imine (C=N–C) groups is 1. The number of allylic oxidation sites excluding steroid dienone is 1. The van der Waals surface area contributed by atoms with Gasteiger partial charge in [0.25, 0.3) is 5.91 Å². The van der Waals surface area contributed by atoms with Crippen LogP contribution in [0.1, 0.15) is 12.5 Å². The molecular weight excluding hydrogens is 350 g/mol. The molecule has 0 aliphatic heterocycles. The number of nitrogens with one attached hydrogen (secondary N) is 1. The molecule has 2 aromatic carbocycles. The Hall–Kier alpha value is -3.80. The number of hydrogen-bond acceptors (Lipinski definition) is 4. The van der Waals surface area contributed by atoms with Gasteiger partial charge in [0.15, 0.2) is 5.82 Å². The van der Waals surface area contributed by atoms with E-state index >= 15 is 0 Å². The van der Waals surface area contributed by atoms with Crippen LogP contribution < -0.4 is 5.32 Å². The molecule has 1 N–H and O–H groups in total. The molecule has 1 heterocycles. The largest absolute Gasteiger partial charge is 0.322 e. The van der Waals surface area contributed by atoms with Crippen LogP contribution in [0.2, 0.25) is 0 Å². The fourth-order valence-electron chi connectivity index (χ4n) is 2.74. The monoisotopic (exact) mass is 371 g/mol. The molecule has 0 unspecified atom stereocenters. The van der Waals surface area contributed by atoms with Crippen molar-refractivity contribution in [2.75, 3.05) is 5.32 Å². The fraction of sp³-hybridized carbons (Fsp3) is 0.0909. The summed E-state index contributed by atoms with van der Waals surface area (Å²) in [7, 11) is 1.87. The Bertz CT molecular complexity index is 1050. The van der Waals surface area contributed by atoms with Gasteiger partial charge in [-0.1, -0.05) is 48.5 Å². The van der Waals surface area contributed by atoms with Crippen molar-refractivity contribution in [1.29, 1.82) is 0 Å². The normalized spacial score (nSPS) is 11.9. The van der Waals surface area contributed by atoms with Crippen LogP contribution in [-0.4, -0.2) is 27.4 Å². The molecule has 6 nitrogen and oxygen atoms in total. The highest BCUT2D eigenvalue weighted by Gasteiger charge is 2.11. The van der Waals surface area contributed by atoms with Crippen molar-refractivity contribution in [3.63, 3.8) is 0 Å². The van der Waals surface area contributed by atoms with E-state index in [2.05, 4.69) is 27.2 Å². The third-order valence-electron chi connectivity index (χ3n) is 4.20. The summed E-state index contributed by atoms with van der Waals surface area (Å²) in [4.78, 5) is 16.8. The summed E-state index contributed by atoms with van der Waals surface area (Å²) in [5.41, 5.74) is 3.57. The summed E-state index contributed by atoms with van der Waals surface area (Å²) in [6.07, 6.45) is 5.11. The van der Waals surface area contributed by atoms with Crippen molar-refractivity contribution < 1.29 is 4.79 Å². The molecule has 3 aromatic rings. The number of aromatic nitrogens is 3. The molecule has 0 spiro atoms. The van der Waals surface area contributed by atoms with Crippen molar-refractivity contribution in [2.45, 2.75) is 6.92 Å².